The second-order valence-corrected chi connectivity index (χ2v) is 8.93. The van der Waals surface area contributed by atoms with Crippen LogP contribution in [0, 0.1) is 6.92 Å². The molecule has 3 fully saturated rings. The van der Waals surface area contributed by atoms with Crippen molar-refractivity contribution >= 4 is 17.5 Å². The van der Waals surface area contributed by atoms with Crippen LogP contribution in [0.4, 0.5) is 26.2 Å². The molecule has 2 aromatic rings. The topological polar surface area (TPSA) is 57.2 Å². The van der Waals surface area contributed by atoms with E-state index >= 15 is 0 Å². The van der Waals surface area contributed by atoms with Crippen molar-refractivity contribution in [1.29, 1.82) is 0 Å². The summed E-state index contributed by atoms with van der Waals surface area (Å²) < 4.78 is 27.6. The molecule has 0 aromatic carbocycles. The van der Waals surface area contributed by atoms with Crippen molar-refractivity contribution in [3.05, 3.63) is 35.8 Å². The van der Waals surface area contributed by atoms with E-state index in [9.17, 15) is 8.78 Å². The molecule has 0 spiro atoms. The number of nitrogens with one attached hydrogen (secondary N) is 1. The van der Waals surface area contributed by atoms with Crippen LogP contribution in [0.5, 0.6) is 0 Å². The van der Waals surface area contributed by atoms with E-state index in [0.29, 0.717) is 29.9 Å². The lowest BCUT2D eigenvalue weighted by Gasteiger charge is -2.43. The Balaban J connectivity index is 1.38. The van der Waals surface area contributed by atoms with Crippen LogP contribution in [0.25, 0.3) is 0 Å². The van der Waals surface area contributed by atoms with Crippen LogP contribution in [0.2, 0.25) is 0 Å². The number of rotatable bonds is 5. The van der Waals surface area contributed by atoms with Gasteiger partial charge in [0.2, 0.25) is 0 Å². The van der Waals surface area contributed by atoms with Gasteiger partial charge in [-0.05, 0) is 37.5 Å². The summed E-state index contributed by atoms with van der Waals surface area (Å²) in [6.07, 6.45) is 8.51. The summed E-state index contributed by atoms with van der Waals surface area (Å²) in [6, 6.07) is 4.76. The number of nitrogens with zero attached hydrogens (tertiary/aromatic N) is 5. The quantitative estimate of drug-likeness (QED) is 0.795. The predicted molar refractivity (Wildman–Crippen MR) is 113 cm³/mol. The number of likely N-dealkylation sites (tertiary alicyclic amines) is 1. The van der Waals surface area contributed by atoms with Gasteiger partial charge in [0.15, 0.2) is 0 Å². The highest BCUT2D eigenvalue weighted by molar-refractivity contribution is 5.58. The van der Waals surface area contributed by atoms with E-state index in [0.717, 1.165) is 30.4 Å². The third-order valence-electron chi connectivity index (χ3n) is 6.59. The zero-order valence-electron chi connectivity index (χ0n) is 17.3. The second-order valence-electron chi connectivity index (χ2n) is 8.93. The summed E-state index contributed by atoms with van der Waals surface area (Å²) >= 11 is 0. The summed E-state index contributed by atoms with van der Waals surface area (Å²) in [6.45, 7) is 4.01. The van der Waals surface area contributed by atoms with Gasteiger partial charge in [-0.1, -0.05) is 12.8 Å². The molecule has 0 radical (unpaired) electrons. The molecule has 2 saturated heterocycles. The predicted octanol–water partition coefficient (Wildman–Crippen LogP) is 4.11. The number of alkyl halides is 2. The lowest BCUT2D eigenvalue weighted by atomic mass is 9.90. The number of pyridine rings is 1. The maximum atomic E-state index is 13.8. The Hall–Kier alpha value is -2.35. The van der Waals surface area contributed by atoms with Crippen molar-refractivity contribution in [3.8, 4) is 0 Å². The molecule has 2 aromatic heterocycles. The van der Waals surface area contributed by atoms with Gasteiger partial charge < -0.3 is 10.2 Å². The molecule has 3 aliphatic rings. The van der Waals surface area contributed by atoms with Gasteiger partial charge in [0.1, 0.15) is 17.5 Å². The molecule has 0 unspecified atom stereocenters. The van der Waals surface area contributed by atoms with Crippen LogP contribution < -0.4 is 10.2 Å². The lowest BCUT2D eigenvalue weighted by Crippen LogP contribution is -2.49. The summed E-state index contributed by atoms with van der Waals surface area (Å²) in [5, 5.41) is 3.21. The molecule has 1 N–H and O–H groups in total. The van der Waals surface area contributed by atoms with Gasteiger partial charge in [0.05, 0.1) is 24.6 Å². The molecule has 0 amide bonds. The molecule has 4 heterocycles. The summed E-state index contributed by atoms with van der Waals surface area (Å²) in [7, 11) is 0. The second kappa shape index (κ2) is 7.72. The molecule has 0 atom stereocenters. The first-order valence-corrected chi connectivity index (χ1v) is 10.9. The van der Waals surface area contributed by atoms with Crippen molar-refractivity contribution < 1.29 is 8.78 Å². The molecule has 1 saturated carbocycles. The molecular formula is C22H28F2N6. The Labute approximate surface area is 175 Å². The van der Waals surface area contributed by atoms with E-state index in [1.807, 2.05) is 19.1 Å². The lowest BCUT2D eigenvalue weighted by molar-refractivity contribution is 0.0256. The average molecular weight is 415 g/mol. The van der Waals surface area contributed by atoms with Gasteiger partial charge in [-0.3, -0.25) is 9.88 Å². The first-order valence-electron chi connectivity index (χ1n) is 10.9. The van der Waals surface area contributed by atoms with Crippen molar-refractivity contribution in [1.82, 2.24) is 19.9 Å². The van der Waals surface area contributed by atoms with Gasteiger partial charge in [-0.25, -0.2) is 18.7 Å². The zero-order chi connectivity index (χ0) is 20.7. The molecule has 5 rings (SSSR count). The summed E-state index contributed by atoms with van der Waals surface area (Å²) in [4.78, 5) is 17.5. The Morgan fingerprint density at radius 2 is 1.87 bits per heavy atom. The fourth-order valence-electron chi connectivity index (χ4n) is 4.81. The first kappa shape index (κ1) is 19.6. The standard InChI is InChI=1S/C22H28F2N6/c1-15-10-26-20(11-25-15)27-19-8-16(17-12-30(13-17)18-4-2-3-5-18)9-21(28-19)29-7-6-22(23,24)14-29/h8-11,17-18H,2-7,12-14H2,1H3,(H,26,27,28). The summed E-state index contributed by atoms with van der Waals surface area (Å²) in [5.41, 5.74) is 2.00. The molecule has 6 nitrogen and oxygen atoms in total. The van der Waals surface area contributed by atoms with Gasteiger partial charge in [0, 0.05) is 38.0 Å². The first-order chi connectivity index (χ1) is 14.4. The minimum absolute atomic E-state index is 0.121. The van der Waals surface area contributed by atoms with Gasteiger partial charge >= 0.3 is 0 Å². The maximum absolute atomic E-state index is 13.8. The van der Waals surface area contributed by atoms with Crippen molar-refractivity contribution in [2.45, 2.75) is 56.9 Å². The number of aromatic nitrogens is 3. The molecule has 8 heteroatoms. The van der Waals surface area contributed by atoms with E-state index in [4.69, 9.17) is 0 Å². The number of hydrogen-bond donors (Lipinski definition) is 1. The van der Waals surface area contributed by atoms with Crippen LogP contribution in [0.1, 0.15) is 49.3 Å². The SMILES string of the molecule is Cc1cnc(Nc2cc(C3CN(C4CCCC4)C3)cc(N3CCC(F)(F)C3)n2)cn1. The van der Waals surface area contributed by atoms with Crippen molar-refractivity contribution in [3.63, 3.8) is 0 Å². The monoisotopic (exact) mass is 414 g/mol. The number of anilines is 3. The zero-order valence-corrected chi connectivity index (χ0v) is 17.3. The van der Waals surface area contributed by atoms with Crippen molar-refractivity contribution in [2.75, 3.05) is 36.4 Å². The molecule has 0 bridgehead atoms. The fourth-order valence-corrected chi connectivity index (χ4v) is 4.81. The van der Waals surface area contributed by atoms with Crippen LogP contribution in [0.15, 0.2) is 24.5 Å². The number of aryl methyl sites for hydroxylation is 1. The van der Waals surface area contributed by atoms with Gasteiger partial charge in [-0.15, -0.1) is 0 Å². The molecule has 1 aliphatic carbocycles. The number of hydrogen-bond acceptors (Lipinski definition) is 6. The highest BCUT2D eigenvalue weighted by Gasteiger charge is 2.40. The number of halogens is 2. The van der Waals surface area contributed by atoms with Crippen molar-refractivity contribution in [2.24, 2.45) is 0 Å². The van der Waals surface area contributed by atoms with E-state index < -0.39 is 5.92 Å². The fraction of sp³-hybridized carbons (Fsp3) is 0.591. The third kappa shape index (κ3) is 4.10. The Morgan fingerprint density at radius 1 is 1.07 bits per heavy atom. The van der Waals surface area contributed by atoms with Gasteiger partial charge in [0.25, 0.3) is 5.92 Å². The molecule has 30 heavy (non-hydrogen) atoms. The Morgan fingerprint density at radius 3 is 2.53 bits per heavy atom. The largest absolute Gasteiger partial charge is 0.350 e. The van der Waals surface area contributed by atoms with Crippen LogP contribution in [-0.2, 0) is 0 Å². The van der Waals surface area contributed by atoms with Crippen LogP contribution >= 0.6 is 0 Å². The normalized spacial score (nSPS) is 22.4. The summed E-state index contributed by atoms with van der Waals surface area (Å²) in [5.74, 6) is -0.380. The minimum atomic E-state index is -2.65. The van der Waals surface area contributed by atoms with E-state index in [1.54, 1.807) is 17.3 Å². The van der Waals surface area contributed by atoms with Crippen LogP contribution in [0.3, 0.4) is 0 Å². The molecule has 2 aliphatic heterocycles. The van der Waals surface area contributed by atoms with E-state index in [-0.39, 0.29) is 13.0 Å². The van der Waals surface area contributed by atoms with E-state index in [1.165, 1.54) is 25.7 Å². The minimum Gasteiger partial charge on any atom is -0.350 e. The third-order valence-corrected chi connectivity index (χ3v) is 6.59. The average Bonchev–Trinajstić information content (AvgIpc) is 3.32. The molecular weight excluding hydrogens is 386 g/mol. The Bertz CT molecular complexity index is 891. The molecule has 160 valence electrons. The van der Waals surface area contributed by atoms with E-state index in [2.05, 4.69) is 25.2 Å². The highest BCUT2D eigenvalue weighted by atomic mass is 19.3. The highest BCUT2D eigenvalue weighted by Crippen LogP contribution is 2.37. The Kier molecular flexibility index (Phi) is 5.05. The smallest absolute Gasteiger partial charge is 0.266 e. The van der Waals surface area contributed by atoms with Crippen LogP contribution in [-0.4, -0.2) is 58.0 Å². The van der Waals surface area contributed by atoms with Gasteiger partial charge in [-0.2, -0.15) is 0 Å². The maximum Gasteiger partial charge on any atom is 0.266 e.